The smallest absolute Gasteiger partial charge is 0.191 e. The quantitative estimate of drug-likeness (QED) is 0.302. The second-order valence-corrected chi connectivity index (χ2v) is 7.19. The Balaban J connectivity index is 0.00000729. The summed E-state index contributed by atoms with van der Waals surface area (Å²) in [6, 6.07) is 3.70. The number of aliphatic imine (C=N–C) groups is 1. The lowest BCUT2D eigenvalue weighted by Crippen LogP contribution is -2.45. The second kappa shape index (κ2) is 12.9. The van der Waals surface area contributed by atoms with Gasteiger partial charge in [0.25, 0.3) is 0 Å². The minimum atomic E-state index is 0. The van der Waals surface area contributed by atoms with E-state index in [0.717, 1.165) is 18.1 Å². The second-order valence-electron chi connectivity index (χ2n) is 7.19. The number of ether oxygens (including phenoxy) is 4. The maximum atomic E-state index is 5.60. The van der Waals surface area contributed by atoms with Crippen LogP contribution in [0.3, 0.4) is 0 Å². The van der Waals surface area contributed by atoms with Crippen molar-refractivity contribution in [3.63, 3.8) is 0 Å². The predicted molar refractivity (Wildman–Crippen MR) is 125 cm³/mol. The molecule has 0 radical (unpaired) electrons. The number of hydrogen-bond donors (Lipinski definition) is 2. The highest BCUT2D eigenvalue weighted by atomic mass is 127. The van der Waals surface area contributed by atoms with Crippen LogP contribution in [0.15, 0.2) is 17.1 Å². The van der Waals surface area contributed by atoms with Gasteiger partial charge >= 0.3 is 0 Å². The molecule has 0 spiro atoms. The molecule has 1 rings (SSSR count). The molecule has 0 saturated heterocycles. The summed E-state index contributed by atoms with van der Waals surface area (Å²) in [6.07, 6.45) is 0.0666. The van der Waals surface area contributed by atoms with Gasteiger partial charge in [0, 0.05) is 31.8 Å². The number of hydrogen-bond acceptors (Lipinski definition) is 5. The SMILES string of the molecule is CCNC(=NCc1cc(OC)c(OC)cc1OC)NCC(OC)C(C)(C)C.I. The third-order valence-corrected chi connectivity index (χ3v) is 4.24. The van der Waals surface area contributed by atoms with Crippen LogP contribution >= 0.6 is 24.0 Å². The zero-order valence-corrected chi connectivity index (χ0v) is 20.7. The molecule has 0 aliphatic carbocycles. The number of nitrogens with zero attached hydrogens (tertiary/aromatic N) is 1. The Morgan fingerprint density at radius 1 is 0.964 bits per heavy atom. The van der Waals surface area contributed by atoms with Crippen molar-refractivity contribution >= 4 is 29.9 Å². The van der Waals surface area contributed by atoms with Crippen molar-refractivity contribution in [1.29, 1.82) is 0 Å². The molecular formula is C20H36IN3O4. The number of rotatable bonds is 9. The summed E-state index contributed by atoms with van der Waals surface area (Å²) in [7, 11) is 6.57. The fourth-order valence-corrected chi connectivity index (χ4v) is 2.65. The van der Waals surface area contributed by atoms with Gasteiger partial charge in [0.15, 0.2) is 17.5 Å². The number of methoxy groups -OCH3 is 4. The molecule has 0 aliphatic heterocycles. The molecule has 1 aromatic rings. The molecule has 2 N–H and O–H groups in total. The van der Waals surface area contributed by atoms with Gasteiger partial charge in [-0.05, 0) is 18.4 Å². The van der Waals surface area contributed by atoms with E-state index in [2.05, 4.69) is 36.4 Å². The van der Waals surface area contributed by atoms with Gasteiger partial charge in [-0.15, -0.1) is 24.0 Å². The maximum Gasteiger partial charge on any atom is 0.191 e. The highest BCUT2D eigenvalue weighted by molar-refractivity contribution is 14.0. The Labute approximate surface area is 186 Å². The zero-order valence-electron chi connectivity index (χ0n) is 18.3. The summed E-state index contributed by atoms with van der Waals surface area (Å²) in [4.78, 5) is 4.67. The normalized spacial score (nSPS) is 12.6. The van der Waals surface area contributed by atoms with Crippen LogP contribution in [0.1, 0.15) is 33.3 Å². The lowest BCUT2D eigenvalue weighted by atomic mass is 9.89. The predicted octanol–water partition coefficient (Wildman–Crippen LogP) is 3.45. The first-order valence-electron chi connectivity index (χ1n) is 9.14. The number of halogens is 1. The van der Waals surface area contributed by atoms with E-state index in [4.69, 9.17) is 18.9 Å². The average Bonchev–Trinajstić information content (AvgIpc) is 2.64. The van der Waals surface area contributed by atoms with Crippen LogP contribution in [0, 0.1) is 5.41 Å². The summed E-state index contributed by atoms with van der Waals surface area (Å²) in [5, 5.41) is 6.61. The topological polar surface area (TPSA) is 73.3 Å². The van der Waals surface area contributed by atoms with E-state index in [1.54, 1.807) is 28.4 Å². The van der Waals surface area contributed by atoms with E-state index in [-0.39, 0.29) is 35.5 Å². The average molecular weight is 509 g/mol. The number of nitrogens with one attached hydrogen (secondary N) is 2. The van der Waals surface area contributed by atoms with Crippen molar-refractivity contribution in [2.45, 2.75) is 40.3 Å². The van der Waals surface area contributed by atoms with Crippen LogP contribution in [-0.4, -0.2) is 53.6 Å². The van der Waals surface area contributed by atoms with E-state index in [1.807, 2.05) is 19.1 Å². The first kappa shape index (κ1) is 26.6. The van der Waals surface area contributed by atoms with Crippen molar-refractivity contribution in [2.24, 2.45) is 10.4 Å². The molecule has 28 heavy (non-hydrogen) atoms. The summed E-state index contributed by atoms with van der Waals surface area (Å²) < 4.78 is 21.8. The van der Waals surface area contributed by atoms with Crippen molar-refractivity contribution in [3.8, 4) is 17.2 Å². The molecule has 1 atom stereocenters. The van der Waals surface area contributed by atoms with Gasteiger partial charge in [0.05, 0.1) is 34.0 Å². The first-order chi connectivity index (χ1) is 12.8. The molecule has 1 unspecified atom stereocenters. The van der Waals surface area contributed by atoms with E-state index in [1.165, 1.54) is 0 Å². The third kappa shape index (κ3) is 7.90. The molecule has 0 fully saturated rings. The van der Waals surface area contributed by atoms with Gasteiger partial charge in [-0.1, -0.05) is 20.8 Å². The fourth-order valence-electron chi connectivity index (χ4n) is 2.65. The number of guanidine groups is 1. The minimum Gasteiger partial charge on any atom is -0.496 e. The van der Waals surface area contributed by atoms with E-state index < -0.39 is 0 Å². The van der Waals surface area contributed by atoms with Gasteiger partial charge in [0.2, 0.25) is 0 Å². The van der Waals surface area contributed by atoms with Crippen molar-refractivity contribution < 1.29 is 18.9 Å². The lowest BCUT2D eigenvalue weighted by molar-refractivity contribution is 0.0205. The molecule has 162 valence electrons. The maximum absolute atomic E-state index is 5.60. The van der Waals surface area contributed by atoms with Crippen LogP contribution in [0.5, 0.6) is 17.2 Å². The molecule has 0 amide bonds. The van der Waals surface area contributed by atoms with Crippen LogP contribution in [0.4, 0.5) is 0 Å². The van der Waals surface area contributed by atoms with Crippen LogP contribution < -0.4 is 24.8 Å². The van der Waals surface area contributed by atoms with Gasteiger partial charge in [-0.2, -0.15) is 0 Å². The van der Waals surface area contributed by atoms with Crippen molar-refractivity contribution in [1.82, 2.24) is 10.6 Å². The fraction of sp³-hybridized carbons (Fsp3) is 0.650. The molecule has 7 nitrogen and oxygen atoms in total. The Morgan fingerprint density at radius 2 is 1.54 bits per heavy atom. The molecule has 8 heteroatoms. The van der Waals surface area contributed by atoms with E-state index in [0.29, 0.717) is 30.3 Å². The molecule has 0 aliphatic rings. The highest BCUT2D eigenvalue weighted by Crippen LogP contribution is 2.34. The summed E-state index contributed by atoms with van der Waals surface area (Å²) in [6.45, 7) is 10.4. The standard InChI is InChI=1S/C20H35N3O4.HI/c1-9-21-19(23-13-18(27-8)20(2,3)4)22-12-14-10-16(25-6)17(26-7)11-15(14)24-5;/h10-11,18H,9,12-13H2,1-8H3,(H2,21,22,23);1H. The molecule has 0 aromatic heterocycles. The summed E-state index contributed by atoms with van der Waals surface area (Å²) >= 11 is 0. The Morgan fingerprint density at radius 3 is 2.00 bits per heavy atom. The van der Waals surface area contributed by atoms with Gasteiger partial charge in [-0.25, -0.2) is 4.99 Å². The van der Waals surface area contributed by atoms with Gasteiger partial charge < -0.3 is 29.6 Å². The van der Waals surface area contributed by atoms with Crippen molar-refractivity contribution in [3.05, 3.63) is 17.7 Å². The summed E-state index contributed by atoms with van der Waals surface area (Å²) in [5.41, 5.74) is 0.942. The van der Waals surface area contributed by atoms with E-state index >= 15 is 0 Å². The zero-order chi connectivity index (χ0) is 20.4. The van der Waals surface area contributed by atoms with Crippen LogP contribution in [-0.2, 0) is 11.3 Å². The summed E-state index contributed by atoms with van der Waals surface area (Å²) in [5.74, 6) is 2.70. The molecule has 1 aromatic carbocycles. The Kier molecular flexibility index (Phi) is 12.3. The van der Waals surface area contributed by atoms with Gasteiger partial charge in [0.1, 0.15) is 5.75 Å². The monoisotopic (exact) mass is 509 g/mol. The molecule has 0 saturated carbocycles. The largest absolute Gasteiger partial charge is 0.496 e. The van der Waals surface area contributed by atoms with Crippen LogP contribution in [0.25, 0.3) is 0 Å². The van der Waals surface area contributed by atoms with Crippen molar-refractivity contribution in [2.75, 3.05) is 41.5 Å². The molecule has 0 heterocycles. The van der Waals surface area contributed by atoms with Gasteiger partial charge in [-0.3, -0.25) is 0 Å². The Hall–Kier alpha value is -1.42. The highest BCUT2D eigenvalue weighted by Gasteiger charge is 2.24. The van der Waals surface area contributed by atoms with Crippen LogP contribution in [0.2, 0.25) is 0 Å². The first-order valence-corrected chi connectivity index (χ1v) is 9.14. The lowest BCUT2D eigenvalue weighted by Gasteiger charge is -2.30. The molecule has 0 bridgehead atoms. The molecular weight excluding hydrogens is 473 g/mol. The number of benzene rings is 1. The Bertz CT molecular complexity index is 618. The third-order valence-electron chi connectivity index (χ3n) is 4.24. The minimum absolute atomic E-state index is 0. The van der Waals surface area contributed by atoms with E-state index in [9.17, 15) is 0 Å².